The Kier molecular flexibility index (Phi) is 7.40. The van der Waals surface area contributed by atoms with Gasteiger partial charge >= 0.3 is 199 Å². The van der Waals surface area contributed by atoms with Gasteiger partial charge in [-0.2, -0.15) is 0 Å². The molecule has 2 aromatic rings. The summed E-state index contributed by atoms with van der Waals surface area (Å²) in [6.45, 7) is 0. The van der Waals surface area contributed by atoms with E-state index >= 15 is 0 Å². The molecule has 1 aromatic heterocycles. The molecule has 0 atom stereocenters. The minimum absolute atomic E-state index is 0.0129. The zero-order valence-corrected chi connectivity index (χ0v) is 22.4. The number of hydrogen-bond acceptors (Lipinski definition) is 3. The Morgan fingerprint density at radius 3 is 1.75 bits per heavy atom. The van der Waals surface area contributed by atoms with E-state index in [1.807, 2.05) is 30.3 Å². The second kappa shape index (κ2) is 10.4. The van der Waals surface area contributed by atoms with E-state index in [1.54, 1.807) is 6.20 Å². The van der Waals surface area contributed by atoms with Crippen LogP contribution in [0.4, 0.5) is 0 Å². The maximum absolute atomic E-state index is 14.0. The van der Waals surface area contributed by atoms with Crippen molar-refractivity contribution in [2.24, 2.45) is 0 Å². The Balaban J connectivity index is 1.56. The van der Waals surface area contributed by atoms with Crippen molar-refractivity contribution in [2.45, 2.75) is 108 Å². The molecule has 172 valence electrons. The van der Waals surface area contributed by atoms with Gasteiger partial charge in [-0.1, -0.05) is 0 Å². The number of rotatable bonds is 5. The zero-order chi connectivity index (χ0) is 21.8. The van der Waals surface area contributed by atoms with E-state index in [4.69, 9.17) is 3.07 Å². The summed E-state index contributed by atoms with van der Waals surface area (Å²) in [6.07, 6.45) is 21.9. The monoisotopic (exact) mass is 541 g/mol. The third-order valence-corrected chi connectivity index (χ3v) is 26.3. The first kappa shape index (κ1) is 22.7. The molecule has 0 N–H and O–H groups in total. The summed E-state index contributed by atoms with van der Waals surface area (Å²) >= 11 is -3.33. The van der Waals surface area contributed by atoms with Crippen LogP contribution in [0.3, 0.4) is 0 Å². The Bertz CT molecular complexity index is 860. The van der Waals surface area contributed by atoms with E-state index in [9.17, 15) is 4.79 Å². The molecule has 1 heterocycles. The Labute approximate surface area is 198 Å². The van der Waals surface area contributed by atoms with Gasteiger partial charge in [0.25, 0.3) is 0 Å². The average molecular weight is 540 g/mol. The van der Waals surface area contributed by atoms with E-state index < -0.39 is 18.8 Å². The number of hydrogen-bond donors (Lipinski definition) is 0. The molecule has 4 heteroatoms. The van der Waals surface area contributed by atoms with Crippen molar-refractivity contribution >= 4 is 35.7 Å². The summed E-state index contributed by atoms with van der Waals surface area (Å²) < 4.78 is 9.41. The van der Waals surface area contributed by atoms with E-state index in [0.29, 0.717) is 0 Å². The molecule has 0 amide bonds. The van der Waals surface area contributed by atoms with Crippen LogP contribution in [0.15, 0.2) is 36.5 Å². The summed E-state index contributed by atoms with van der Waals surface area (Å²) in [5.74, 6) is -0.0129. The molecule has 0 radical (unpaired) electrons. The summed E-state index contributed by atoms with van der Waals surface area (Å²) in [4.78, 5) is 18.5. The molecule has 5 rings (SSSR count). The second-order valence-electron chi connectivity index (χ2n) is 10.6. The van der Waals surface area contributed by atoms with Crippen LogP contribution < -0.4 is 0 Å². The predicted molar refractivity (Wildman–Crippen MR) is 133 cm³/mol. The van der Waals surface area contributed by atoms with E-state index in [1.165, 1.54) is 96.3 Å². The topological polar surface area (TPSA) is 39.2 Å². The molecule has 0 aliphatic heterocycles. The van der Waals surface area contributed by atoms with Crippen molar-refractivity contribution in [3.8, 4) is 0 Å². The maximum atomic E-state index is 14.0. The summed E-state index contributed by atoms with van der Waals surface area (Å²) in [5, 5.41) is 0.955. The van der Waals surface area contributed by atoms with Crippen LogP contribution in [0.25, 0.3) is 10.9 Å². The average Bonchev–Trinajstić information content (AvgIpc) is 2.88. The Morgan fingerprint density at radius 2 is 1.22 bits per heavy atom. The summed E-state index contributed by atoms with van der Waals surface area (Å²) in [6, 6.07) is 9.97. The second-order valence-corrected chi connectivity index (χ2v) is 23.1. The minimum atomic E-state index is -3.33. The van der Waals surface area contributed by atoms with Gasteiger partial charge in [0, 0.05) is 0 Å². The number of pyridine rings is 1. The molecule has 0 bridgehead atoms. The SMILES string of the molecule is O=C([O][Sn]([CH]1CCCCC1)([CH]1CCCCC1)[CH]1CCCCC1)c1ccnc2ccccc12. The van der Waals surface area contributed by atoms with Gasteiger partial charge in [-0.3, -0.25) is 0 Å². The van der Waals surface area contributed by atoms with Crippen LogP contribution in [0.5, 0.6) is 0 Å². The van der Waals surface area contributed by atoms with Crippen LogP contribution in [-0.2, 0) is 3.07 Å². The van der Waals surface area contributed by atoms with E-state index in [-0.39, 0.29) is 5.97 Å². The fraction of sp³-hybridized carbons (Fsp3) is 0.643. The van der Waals surface area contributed by atoms with Gasteiger partial charge in [0.05, 0.1) is 0 Å². The van der Waals surface area contributed by atoms with Crippen LogP contribution in [0, 0.1) is 0 Å². The van der Waals surface area contributed by atoms with E-state index in [0.717, 1.165) is 28.3 Å². The van der Waals surface area contributed by atoms with Gasteiger partial charge in [0.1, 0.15) is 0 Å². The molecule has 3 aliphatic rings. The van der Waals surface area contributed by atoms with Crippen LogP contribution in [0.1, 0.15) is 107 Å². The number of benzene rings is 1. The van der Waals surface area contributed by atoms with E-state index in [2.05, 4.69) is 4.98 Å². The number of fused-ring (bicyclic) bond motifs is 1. The fourth-order valence-electron chi connectivity index (χ4n) is 7.40. The van der Waals surface area contributed by atoms with Crippen LogP contribution in [0.2, 0.25) is 11.8 Å². The molecule has 3 fully saturated rings. The van der Waals surface area contributed by atoms with Crippen molar-refractivity contribution in [1.82, 2.24) is 4.98 Å². The number of aromatic nitrogens is 1. The number of carbonyl (C=O) groups excluding carboxylic acids is 1. The van der Waals surface area contributed by atoms with Crippen LogP contribution >= 0.6 is 0 Å². The number of para-hydroxylation sites is 1. The van der Waals surface area contributed by atoms with Crippen molar-refractivity contribution in [3.63, 3.8) is 0 Å². The van der Waals surface area contributed by atoms with Gasteiger partial charge < -0.3 is 0 Å². The molecule has 0 unspecified atom stereocenters. The zero-order valence-electron chi connectivity index (χ0n) is 19.6. The molecule has 3 nitrogen and oxygen atoms in total. The molecule has 3 aliphatic carbocycles. The van der Waals surface area contributed by atoms with Gasteiger partial charge in [-0.05, 0) is 0 Å². The van der Waals surface area contributed by atoms with Gasteiger partial charge in [0.15, 0.2) is 0 Å². The molecule has 3 saturated carbocycles. The molecule has 0 saturated heterocycles. The molecule has 1 aromatic carbocycles. The summed E-state index contributed by atoms with van der Waals surface area (Å²) in [5.41, 5.74) is 1.65. The fourth-order valence-corrected chi connectivity index (χ4v) is 27.0. The third kappa shape index (κ3) is 4.47. The molecular weight excluding hydrogens is 501 g/mol. The Hall–Kier alpha value is -1.10. The number of nitrogens with zero attached hydrogens (tertiary/aromatic N) is 1. The van der Waals surface area contributed by atoms with Gasteiger partial charge in [-0.15, -0.1) is 0 Å². The first-order chi connectivity index (χ1) is 15.8. The van der Waals surface area contributed by atoms with Crippen LogP contribution in [-0.4, -0.2) is 29.7 Å². The number of carbonyl (C=O) groups is 1. The van der Waals surface area contributed by atoms with Crippen molar-refractivity contribution in [2.75, 3.05) is 0 Å². The van der Waals surface area contributed by atoms with Gasteiger partial charge in [-0.25, -0.2) is 0 Å². The molecular formula is C28H39NO2Sn. The van der Waals surface area contributed by atoms with Gasteiger partial charge in [0.2, 0.25) is 0 Å². The summed E-state index contributed by atoms with van der Waals surface area (Å²) in [7, 11) is 0. The van der Waals surface area contributed by atoms with Crippen molar-refractivity contribution in [1.29, 1.82) is 0 Å². The first-order valence-electron chi connectivity index (χ1n) is 13.4. The first-order valence-corrected chi connectivity index (χ1v) is 19.5. The molecule has 32 heavy (non-hydrogen) atoms. The quantitative estimate of drug-likeness (QED) is 0.358. The van der Waals surface area contributed by atoms with Crippen molar-refractivity contribution in [3.05, 3.63) is 42.1 Å². The molecule has 0 spiro atoms. The third-order valence-electron chi connectivity index (χ3n) is 8.87. The predicted octanol–water partition coefficient (Wildman–Crippen LogP) is 8.34. The normalized spacial score (nSPS) is 22.1. The standard InChI is InChI=1S/C10H7NO2.3C6H11.Sn/c12-10(13)8-5-6-11-9-4-2-1-3-7(8)9;3*1-2-4-6-5-3-1;/h1-6H,(H,12,13);3*1H,2-6H2;/q;;;;+1/p-1. The Morgan fingerprint density at radius 1 is 0.719 bits per heavy atom. The van der Waals surface area contributed by atoms with Crippen molar-refractivity contribution < 1.29 is 7.87 Å².